The van der Waals surface area contributed by atoms with Crippen LogP contribution in [0.3, 0.4) is 0 Å². The number of amides is 1. The highest BCUT2D eigenvalue weighted by Gasteiger charge is 2.19. The summed E-state index contributed by atoms with van der Waals surface area (Å²) < 4.78 is 5.13. The maximum Gasteiger partial charge on any atom is 0.413 e. The fourth-order valence-corrected chi connectivity index (χ4v) is 3.02. The third-order valence-corrected chi connectivity index (χ3v) is 3.78. The number of aromatic carboxylic acids is 1. The predicted molar refractivity (Wildman–Crippen MR) is 82.2 cm³/mol. The number of carbonyl (C=O) groups is 2. The van der Waals surface area contributed by atoms with Crippen LogP contribution in [-0.4, -0.2) is 27.8 Å². The standard InChI is InChI=1S/C13H14N2O4S2/c1-13(2,3)19-12(18)15-11-14-9(6-21-11)7-4-20-5-8(7)10(16)17/h4-6H,1-3H3,(H,16,17)(H,14,15,18). The van der Waals surface area contributed by atoms with Crippen LogP contribution in [0.15, 0.2) is 16.1 Å². The van der Waals surface area contributed by atoms with Crippen molar-refractivity contribution in [2.75, 3.05) is 5.32 Å². The Hall–Kier alpha value is -1.93. The van der Waals surface area contributed by atoms with Crippen LogP contribution >= 0.6 is 22.7 Å². The predicted octanol–water partition coefficient (Wildman–Crippen LogP) is 3.92. The maximum absolute atomic E-state index is 11.6. The van der Waals surface area contributed by atoms with Gasteiger partial charge in [0.1, 0.15) is 5.60 Å². The van der Waals surface area contributed by atoms with Crippen molar-refractivity contribution in [2.24, 2.45) is 0 Å². The molecule has 112 valence electrons. The molecule has 21 heavy (non-hydrogen) atoms. The van der Waals surface area contributed by atoms with Gasteiger partial charge in [-0.25, -0.2) is 14.6 Å². The molecule has 0 aliphatic heterocycles. The summed E-state index contributed by atoms with van der Waals surface area (Å²) in [5, 5.41) is 16.9. The lowest BCUT2D eigenvalue weighted by Crippen LogP contribution is -2.27. The monoisotopic (exact) mass is 326 g/mol. The fourth-order valence-electron chi connectivity index (χ4n) is 1.51. The molecule has 2 heterocycles. The largest absolute Gasteiger partial charge is 0.478 e. The normalized spacial score (nSPS) is 11.2. The lowest BCUT2D eigenvalue weighted by Gasteiger charge is -2.18. The molecule has 2 aromatic rings. The summed E-state index contributed by atoms with van der Waals surface area (Å²) in [6, 6.07) is 0. The van der Waals surface area contributed by atoms with E-state index in [1.807, 2.05) is 0 Å². The van der Waals surface area contributed by atoms with Crippen LogP contribution < -0.4 is 5.32 Å². The topological polar surface area (TPSA) is 88.5 Å². The molecule has 0 aromatic carbocycles. The van der Waals surface area contributed by atoms with Crippen LogP contribution in [0.4, 0.5) is 9.93 Å². The van der Waals surface area contributed by atoms with Crippen LogP contribution in [0, 0.1) is 0 Å². The minimum absolute atomic E-state index is 0.203. The second-order valence-electron chi connectivity index (χ2n) is 5.17. The molecule has 0 aliphatic rings. The van der Waals surface area contributed by atoms with Crippen molar-refractivity contribution in [3.63, 3.8) is 0 Å². The zero-order valence-electron chi connectivity index (χ0n) is 11.7. The van der Waals surface area contributed by atoms with Gasteiger partial charge in [0.2, 0.25) is 0 Å². The van der Waals surface area contributed by atoms with Gasteiger partial charge in [0.25, 0.3) is 0 Å². The van der Waals surface area contributed by atoms with E-state index in [2.05, 4.69) is 10.3 Å². The smallest absolute Gasteiger partial charge is 0.413 e. The number of hydrogen-bond acceptors (Lipinski definition) is 6. The van der Waals surface area contributed by atoms with E-state index in [0.29, 0.717) is 16.4 Å². The van der Waals surface area contributed by atoms with Gasteiger partial charge >= 0.3 is 12.1 Å². The van der Waals surface area contributed by atoms with Gasteiger partial charge < -0.3 is 9.84 Å². The average Bonchev–Trinajstić information content (AvgIpc) is 2.92. The van der Waals surface area contributed by atoms with Gasteiger partial charge in [0.15, 0.2) is 5.13 Å². The van der Waals surface area contributed by atoms with E-state index in [1.54, 1.807) is 36.9 Å². The third kappa shape index (κ3) is 4.02. The first kappa shape index (κ1) is 15.5. The molecule has 0 atom stereocenters. The first-order chi connectivity index (χ1) is 9.76. The highest BCUT2D eigenvalue weighted by Crippen LogP contribution is 2.30. The Balaban J connectivity index is 2.13. The Labute approximate surface area is 129 Å². The molecule has 0 spiro atoms. The lowest BCUT2D eigenvalue weighted by molar-refractivity contribution is 0.0634. The second kappa shape index (κ2) is 5.82. The van der Waals surface area contributed by atoms with E-state index in [0.717, 1.165) is 0 Å². The number of ether oxygens (including phenoxy) is 1. The van der Waals surface area contributed by atoms with E-state index in [-0.39, 0.29) is 5.56 Å². The molecule has 6 nitrogen and oxygen atoms in total. The Morgan fingerprint density at radius 2 is 2.00 bits per heavy atom. The summed E-state index contributed by atoms with van der Waals surface area (Å²) in [7, 11) is 0. The summed E-state index contributed by atoms with van der Waals surface area (Å²) in [6.07, 6.45) is -0.591. The summed E-state index contributed by atoms with van der Waals surface area (Å²) in [4.78, 5) is 26.9. The van der Waals surface area contributed by atoms with E-state index >= 15 is 0 Å². The van der Waals surface area contributed by atoms with Crippen molar-refractivity contribution < 1.29 is 19.4 Å². The minimum Gasteiger partial charge on any atom is -0.478 e. The van der Waals surface area contributed by atoms with Crippen LogP contribution in [-0.2, 0) is 4.74 Å². The highest BCUT2D eigenvalue weighted by atomic mass is 32.1. The van der Waals surface area contributed by atoms with Crippen molar-refractivity contribution >= 4 is 39.9 Å². The van der Waals surface area contributed by atoms with Crippen molar-refractivity contribution in [3.8, 4) is 11.3 Å². The fraction of sp³-hybridized carbons (Fsp3) is 0.308. The summed E-state index contributed by atoms with van der Waals surface area (Å²) in [5.41, 5.74) is 0.674. The number of rotatable bonds is 3. The summed E-state index contributed by atoms with van der Waals surface area (Å²) in [6.45, 7) is 5.30. The number of nitrogens with zero attached hydrogens (tertiary/aromatic N) is 1. The number of anilines is 1. The first-order valence-electron chi connectivity index (χ1n) is 6.01. The number of thiazole rings is 1. The Morgan fingerprint density at radius 1 is 1.29 bits per heavy atom. The zero-order chi connectivity index (χ0) is 15.6. The van der Waals surface area contributed by atoms with E-state index in [4.69, 9.17) is 9.84 Å². The molecule has 2 rings (SSSR count). The molecule has 0 radical (unpaired) electrons. The molecule has 0 saturated heterocycles. The van der Waals surface area contributed by atoms with E-state index in [1.165, 1.54) is 22.7 Å². The average molecular weight is 326 g/mol. The van der Waals surface area contributed by atoms with Crippen molar-refractivity contribution in [1.29, 1.82) is 0 Å². The van der Waals surface area contributed by atoms with Gasteiger partial charge in [-0.1, -0.05) is 0 Å². The maximum atomic E-state index is 11.6. The molecule has 0 aliphatic carbocycles. The van der Waals surface area contributed by atoms with Crippen molar-refractivity contribution in [3.05, 3.63) is 21.7 Å². The summed E-state index contributed by atoms with van der Waals surface area (Å²) >= 11 is 2.50. The van der Waals surface area contributed by atoms with Crippen LogP contribution in [0.2, 0.25) is 0 Å². The van der Waals surface area contributed by atoms with E-state index < -0.39 is 17.7 Å². The second-order valence-corrected chi connectivity index (χ2v) is 6.77. The van der Waals surface area contributed by atoms with Crippen LogP contribution in [0.5, 0.6) is 0 Å². The summed E-state index contributed by atoms with van der Waals surface area (Å²) in [5.74, 6) is -0.999. The molecule has 0 saturated carbocycles. The number of aromatic nitrogens is 1. The van der Waals surface area contributed by atoms with Crippen LogP contribution in [0.25, 0.3) is 11.3 Å². The third-order valence-electron chi connectivity index (χ3n) is 2.28. The first-order valence-corrected chi connectivity index (χ1v) is 7.84. The molecule has 8 heteroatoms. The Bertz CT molecular complexity index is 670. The number of carbonyl (C=O) groups excluding carboxylic acids is 1. The molecule has 0 unspecified atom stereocenters. The number of thiophene rings is 1. The zero-order valence-corrected chi connectivity index (χ0v) is 13.3. The van der Waals surface area contributed by atoms with Crippen LogP contribution in [0.1, 0.15) is 31.1 Å². The number of carboxylic acids is 1. The Morgan fingerprint density at radius 3 is 2.62 bits per heavy atom. The molecule has 0 bridgehead atoms. The number of carboxylic acid groups (broad SMARTS) is 1. The van der Waals surface area contributed by atoms with Gasteiger partial charge in [0.05, 0.1) is 11.3 Å². The molecular weight excluding hydrogens is 312 g/mol. The van der Waals surface area contributed by atoms with E-state index in [9.17, 15) is 9.59 Å². The molecule has 2 N–H and O–H groups in total. The highest BCUT2D eigenvalue weighted by molar-refractivity contribution is 7.14. The minimum atomic E-state index is -0.999. The quantitative estimate of drug-likeness (QED) is 0.892. The van der Waals surface area contributed by atoms with Crippen molar-refractivity contribution in [1.82, 2.24) is 4.98 Å². The van der Waals surface area contributed by atoms with Gasteiger partial charge in [-0.05, 0) is 20.8 Å². The Kier molecular flexibility index (Phi) is 4.29. The molecule has 2 aromatic heterocycles. The lowest BCUT2D eigenvalue weighted by atomic mass is 10.1. The van der Waals surface area contributed by atoms with Gasteiger partial charge in [-0.3, -0.25) is 5.32 Å². The van der Waals surface area contributed by atoms with Gasteiger partial charge in [-0.15, -0.1) is 11.3 Å². The van der Waals surface area contributed by atoms with Gasteiger partial charge in [0, 0.05) is 21.7 Å². The SMILES string of the molecule is CC(C)(C)OC(=O)Nc1nc(-c2cscc2C(=O)O)cs1. The van der Waals surface area contributed by atoms with Gasteiger partial charge in [-0.2, -0.15) is 11.3 Å². The number of hydrogen-bond donors (Lipinski definition) is 2. The number of nitrogens with one attached hydrogen (secondary N) is 1. The molecule has 0 fully saturated rings. The molecule has 1 amide bonds. The molecular formula is C13H14N2O4S2. The van der Waals surface area contributed by atoms with Crippen molar-refractivity contribution in [2.45, 2.75) is 26.4 Å².